The first-order valence-corrected chi connectivity index (χ1v) is 51.3. The number of ether oxygens (including phenoxy) is 1. The van der Waals surface area contributed by atoms with E-state index in [2.05, 4.69) is 177 Å². The number of nitrogens with zero attached hydrogens (tertiary/aromatic N) is 15. The number of hydrogen-bond donors (Lipinski definition) is 8. The van der Waals surface area contributed by atoms with Crippen LogP contribution in [0.2, 0.25) is 0 Å². The molecule has 16 heterocycles. The fraction of sp³-hybridized carbons (Fsp3) is 0.600. The summed E-state index contributed by atoms with van der Waals surface area (Å²) in [7, 11) is 0. The van der Waals surface area contributed by atoms with Crippen LogP contribution in [0, 0.1) is 27.7 Å². The van der Waals surface area contributed by atoms with Crippen LogP contribution >= 0.6 is 45.3 Å². The zero-order valence-corrected chi connectivity index (χ0v) is 86.3. The van der Waals surface area contributed by atoms with Crippen LogP contribution in [0.25, 0.3) is 41.8 Å². The molecule has 2 unspecified atom stereocenters. The van der Waals surface area contributed by atoms with Crippen molar-refractivity contribution < 1.29 is 58.4 Å². The van der Waals surface area contributed by atoms with E-state index in [1.54, 1.807) is 48.4 Å². The number of fused-ring (bicyclic) bond motifs is 2. The standard InChI is InChI=1S/C25H33N5O3S.3C25H35N5O3S/c1-14-9-19(28-25(3,4)5)26-11-18(14)21-20(23(31)29-8-6-7-15(29)2)27-22(34-21)24(32)30-12-17-10-16(30)13-33-17;2*1-15-12-18(28-24(3,4)5)26-13-17(15)20-19(22(31)30-10-7-8-16(30)2)27-21(34-20)23(32)29-11-9-25(6,33)14-29;1-14-11-19(29-25(3,4)5)26-13-18(14)21-20(24(33)30-10-6-7-15(30)2)28-23(34-21)22(32)27-16-8-9-17(31)12-16/h9,11,15-17H,6-8,10,12-13H2,1-5H3,(H,26,28);2*12-13,16,33H,7-11,14H2,1-6H3,(H,26,28);11,13,15-17,31H,6-10,12H2,1-5H3,(H,26,29)(H,27,32)/t15-,16?,17?;16-,25+;16-,25-;15-,16-,17-/m0000/s1. The molecule has 8 amide bonds. The minimum atomic E-state index is -0.893. The van der Waals surface area contributed by atoms with Crippen molar-refractivity contribution in [2.45, 2.75) is 324 Å². The molecule has 136 heavy (non-hydrogen) atoms. The first-order chi connectivity index (χ1) is 63.8. The number of anilines is 4. The van der Waals surface area contributed by atoms with Crippen molar-refractivity contribution in [3.8, 4) is 41.8 Å². The van der Waals surface area contributed by atoms with Gasteiger partial charge in [0.15, 0.2) is 20.0 Å². The minimum absolute atomic E-state index is 0.0706. The predicted molar refractivity (Wildman–Crippen MR) is 535 cm³/mol. The fourth-order valence-electron chi connectivity index (χ4n) is 19.0. The van der Waals surface area contributed by atoms with Crippen molar-refractivity contribution in [1.82, 2.24) is 79.5 Å². The second-order valence-corrected chi connectivity index (χ2v) is 47.2. The Morgan fingerprint density at radius 2 is 0.706 bits per heavy atom. The molecule has 8 saturated heterocycles. The smallest absolute Gasteiger partial charge is 0.283 e. The maximum atomic E-state index is 13.6. The molecule has 2 bridgehead atoms. The highest BCUT2D eigenvalue weighted by Gasteiger charge is 2.46. The summed E-state index contributed by atoms with van der Waals surface area (Å²) in [5.41, 5.74) is 6.14. The van der Waals surface area contributed by atoms with E-state index in [4.69, 9.17) is 4.74 Å². The third-order valence-corrected chi connectivity index (χ3v) is 30.4. The predicted octanol–water partition coefficient (Wildman–Crippen LogP) is 15.8. The van der Waals surface area contributed by atoms with Crippen LogP contribution in [0.5, 0.6) is 0 Å². The van der Waals surface area contributed by atoms with Crippen molar-refractivity contribution in [3.63, 3.8) is 0 Å². The van der Waals surface area contributed by atoms with Crippen LogP contribution in [0.3, 0.4) is 0 Å². The number of thiazole rings is 4. The number of carbonyl (C=O) groups is 8. The second kappa shape index (κ2) is 40.8. The van der Waals surface area contributed by atoms with Crippen molar-refractivity contribution >= 4 is 116 Å². The van der Waals surface area contributed by atoms with Crippen molar-refractivity contribution in [1.29, 1.82) is 0 Å². The van der Waals surface area contributed by atoms with Crippen LogP contribution in [-0.2, 0) is 4.74 Å². The third kappa shape index (κ3) is 24.2. The Bertz CT molecular complexity index is 5620. The molecule has 1 saturated carbocycles. The highest BCUT2D eigenvalue weighted by molar-refractivity contribution is 7.18. The topological polar surface area (TPSA) is 392 Å². The molecule has 32 nitrogen and oxygen atoms in total. The van der Waals surface area contributed by atoms with Crippen LogP contribution in [0.4, 0.5) is 23.3 Å². The Kier molecular flexibility index (Phi) is 30.5. The van der Waals surface area contributed by atoms with E-state index in [1.807, 2.05) is 76.5 Å². The largest absolute Gasteiger partial charge is 0.393 e. The lowest BCUT2D eigenvalue weighted by atomic mass is 10.1. The molecule has 0 spiro atoms. The average Bonchev–Trinajstić information content (AvgIpc) is 1.60. The Balaban J connectivity index is 0.000000145. The molecule has 8 N–H and O–H groups in total. The SMILES string of the molecule is Cc1cc(NC(C)(C)C)ncc1-c1sc(C(=O)N2CC3CC2CO3)nc1C(=O)N1CCC[C@@H]1C.Cc1cc(NC(C)(C)C)ncc1-c1sc(C(=O)N2CC[C@@](C)(O)C2)nc1C(=O)N1CCC[C@@H]1C.Cc1cc(NC(C)(C)C)ncc1-c1sc(C(=O)N2CC[C@](C)(O)C2)nc1C(=O)N1CCC[C@@H]1C.Cc1cc(NC(C)(C)C)ncc1-c1sc(C(=O)N[C@H]2CC[C@H](O)C2)nc1C(=O)N1CCC[C@@H]1C. The molecule has 8 aliphatic heterocycles. The molecule has 8 aromatic rings. The molecule has 36 heteroatoms. The van der Waals surface area contributed by atoms with Gasteiger partial charge in [-0.2, -0.15) is 0 Å². The van der Waals surface area contributed by atoms with Gasteiger partial charge in [-0.3, -0.25) is 38.4 Å². The molecular weight excluding hydrogens is 1800 g/mol. The maximum Gasteiger partial charge on any atom is 0.283 e. The highest BCUT2D eigenvalue weighted by atomic mass is 32.1. The third-order valence-electron chi connectivity index (χ3n) is 26.1. The van der Waals surface area contributed by atoms with E-state index in [9.17, 15) is 53.7 Å². The van der Waals surface area contributed by atoms with Crippen LogP contribution in [0.1, 0.15) is 318 Å². The Morgan fingerprint density at radius 1 is 0.404 bits per heavy atom. The zero-order valence-electron chi connectivity index (χ0n) is 83.1. The lowest BCUT2D eigenvalue weighted by Crippen LogP contribution is -2.41. The van der Waals surface area contributed by atoms with E-state index >= 15 is 0 Å². The lowest BCUT2D eigenvalue weighted by Gasteiger charge is -2.25. The number of morpholine rings is 1. The van der Waals surface area contributed by atoms with Gasteiger partial charge in [-0.15, -0.1) is 45.3 Å². The number of amides is 8. The van der Waals surface area contributed by atoms with E-state index in [0.29, 0.717) is 114 Å². The van der Waals surface area contributed by atoms with E-state index < -0.39 is 11.2 Å². The number of hydrogen-bond acceptors (Lipinski definition) is 28. The summed E-state index contributed by atoms with van der Waals surface area (Å²) < 4.78 is 5.66. The first-order valence-electron chi connectivity index (χ1n) is 48.0. The number of carbonyl (C=O) groups excluding carboxylic acids is 8. The molecule has 0 aromatic carbocycles. The number of pyridine rings is 4. The van der Waals surface area contributed by atoms with Gasteiger partial charge in [0, 0.05) is 158 Å². The number of aliphatic hydroxyl groups is 3. The number of rotatable bonds is 17. The van der Waals surface area contributed by atoms with Gasteiger partial charge < -0.3 is 80.9 Å². The van der Waals surface area contributed by atoms with E-state index in [-0.39, 0.29) is 146 Å². The molecule has 8 aromatic heterocycles. The summed E-state index contributed by atoms with van der Waals surface area (Å²) in [6, 6.07) is 8.53. The molecule has 10 atom stereocenters. The average molecular weight is 1940 g/mol. The summed E-state index contributed by atoms with van der Waals surface area (Å²) in [5, 5.41) is 48.1. The normalized spacial score (nSPS) is 23.2. The number of β-amino-alcohol motifs (C(OH)–C–C–N with tert-alkyl or cyclic N) is 2. The zero-order chi connectivity index (χ0) is 98.5. The van der Waals surface area contributed by atoms with Gasteiger partial charge in [0.05, 0.1) is 55.6 Å². The van der Waals surface area contributed by atoms with Gasteiger partial charge in [0.1, 0.15) is 46.0 Å². The fourth-order valence-corrected chi connectivity index (χ4v) is 23.4. The van der Waals surface area contributed by atoms with Crippen molar-refractivity contribution in [3.05, 3.63) is 114 Å². The highest BCUT2D eigenvalue weighted by Crippen LogP contribution is 2.44. The summed E-state index contributed by atoms with van der Waals surface area (Å²) in [5.74, 6) is 1.66. The van der Waals surface area contributed by atoms with E-state index in [1.165, 1.54) is 45.3 Å². The Labute approximate surface area is 815 Å². The van der Waals surface area contributed by atoms with Gasteiger partial charge in [0.25, 0.3) is 47.3 Å². The van der Waals surface area contributed by atoms with Gasteiger partial charge in [-0.25, -0.2) is 39.9 Å². The molecule has 1 aliphatic carbocycles. The Hall–Kier alpha value is -10.1. The number of likely N-dealkylation sites (tertiary alicyclic amines) is 7. The van der Waals surface area contributed by atoms with Gasteiger partial charge in [-0.05, 0) is 289 Å². The van der Waals surface area contributed by atoms with Crippen molar-refractivity contribution in [2.24, 2.45) is 0 Å². The summed E-state index contributed by atoms with van der Waals surface area (Å²) in [4.78, 5) is 159. The quantitative estimate of drug-likeness (QED) is 0.0420. The Morgan fingerprint density at radius 3 is 0.949 bits per heavy atom. The molecule has 9 fully saturated rings. The maximum absolute atomic E-state index is 13.6. The van der Waals surface area contributed by atoms with Crippen LogP contribution < -0.4 is 26.6 Å². The summed E-state index contributed by atoms with van der Waals surface area (Å²) in [6.45, 7) is 50.0. The number of aliphatic hydroxyl groups excluding tert-OH is 1. The van der Waals surface area contributed by atoms with E-state index in [0.717, 1.165) is 143 Å². The summed E-state index contributed by atoms with van der Waals surface area (Å²) >= 11 is 5.01. The monoisotopic (exact) mass is 1940 g/mol. The molecule has 9 aliphatic rings. The number of nitrogens with one attached hydrogen (secondary N) is 5. The molecule has 17 rings (SSSR count). The van der Waals surface area contributed by atoms with Crippen LogP contribution in [0.15, 0.2) is 49.1 Å². The first kappa shape index (κ1) is 102. The molecule has 734 valence electrons. The van der Waals surface area contributed by atoms with Gasteiger partial charge in [0.2, 0.25) is 0 Å². The lowest BCUT2D eigenvalue weighted by molar-refractivity contribution is 0.0258. The van der Waals surface area contributed by atoms with Gasteiger partial charge in [-0.1, -0.05) is 0 Å². The summed E-state index contributed by atoms with van der Waals surface area (Å²) in [6.07, 6.45) is 18.5. The van der Waals surface area contributed by atoms with Gasteiger partial charge >= 0.3 is 0 Å². The second-order valence-electron chi connectivity index (χ2n) is 43.2. The molecule has 0 radical (unpaired) electrons. The van der Waals surface area contributed by atoms with Crippen LogP contribution in [-0.4, -0.2) is 284 Å². The minimum Gasteiger partial charge on any atom is -0.393 e. The number of aryl methyl sites for hydroxylation is 4. The van der Waals surface area contributed by atoms with Crippen molar-refractivity contribution in [2.75, 3.05) is 86.8 Å². The number of aromatic nitrogens is 8. The molecular formula is C100H138N20O12S4.